The van der Waals surface area contributed by atoms with E-state index in [-0.39, 0.29) is 5.56 Å². The van der Waals surface area contributed by atoms with Gasteiger partial charge in [-0.1, -0.05) is 23.2 Å². The molecule has 0 unspecified atom stereocenters. The van der Waals surface area contributed by atoms with Crippen molar-refractivity contribution in [2.45, 2.75) is 12.5 Å². The smallest absolute Gasteiger partial charge is 0.257 e. The van der Waals surface area contributed by atoms with Crippen molar-refractivity contribution in [3.8, 4) is 0 Å². The maximum absolute atomic E-state index is 12.2. The SMILES string of the molecule is N[C@@H](c1cc(Cl)cc(Cl)c1)C(F)F. The molecule has 5 heteroatoms. The van der Waals surface area contributed by atoms with Crippen LogP contribution in [0.2, 0.25) is 10.0 Å². The van der Waals surface area contributed by atoms with Gasteiger partial charge in [0.15, 0.2) is 0 Å². The van der Waals surface area contributed by atoms with Crippen molar-refractivity contribution >= 4 is 23.2 Å². The predicted molar refractivity (Wildman–Crippen MR) is 49.4 cm³/mol. The van der Waals surface area contributed by atoms with Crippen molar-refractivity contribution < 1.29 is 8.78 Å². The highest BCUT2D eigenvalue weighted by Crippen LogP contribution is 2.25. The minimum atomic E-state index is -2.62. The van der Waals surface area contributed by atoms with E-state index in [2.05, 4.69) is 0 Å². The van der Waals surface area contributed by atoms with Gasteiger partial charge in [-0.15, -0.1) is 0 Å². The Bertz CT molecular complexity index is 284. The Morgan fingerprint density at radius 1 is 1.08 bits per heavy atom. The van der Waals surface area contributed by atoms with Gasteiger partial charge >= 0.3 is 0 Å². The van der Waals surface area contributed by atoms with Gasteiger partial charge in [0, 0.05) is 10.0 Å². The molecule has 1 aromatic rings. The van der Waals surface area contributed by atoms with Gasteiger partial charge in [-0.3, -0.25) is 0 Å². The van der Waals surface area contributed by atoms with Crippen LogP contribution < -0.4 is 5.73 Å². The summed E-state index contributed by atoms with van der Waals surface area (Å²) < 4.78 is 24.3. The quantitative estimate of drug-likeness (QED) is 0.822. The first kappa shape index (κ1) is 10.7. The van der Waals surface area contributed by atoms with Crippen LogP contribution in [0.3, 0.4) is 0 Å². The molecule has 0 fully saturated rings. The molecule has 0 aliphatic rings. The average Bonchev–Trinajstić information content (AvgIpc) is 2.01. The molecule has 13 heavy (non-hydrogen) atoms. The molecule has 1 nitrogen and oxygen atoms in total. The zero-order valence-corrected chi connectivity index (χ0v) is 7.99. The summed E-state index contributed by atoms with van der Waals surface area (Å²) in [5, 5.41) is 0.609. The average molecular weight is 226 g/mol. The maximum atomic E-state index is 12.2. The molecule has 0 saturated heterocycles. The summed E-state index contributed by atoms with van der Waals surface area (Å²) in [4.78, 5) is 0. The van der Waals surface area contributed by atoms with Gasteiger partial charge in [0.25, 0.3) is 6.43 Å². The first-order valence-electron chi connectivity index (χ1n) is 3.50. The van der Waals surface area contributed by atoms with Crippen LogP contribution in [-0.4, -0.2) is 6.43 Å². The van der Waals surface area contributed by atoms with E-state index in [1.54, 1.807) is 0 Å². The van der Waals surface area contributed by atoms with Crippen LogP contribution >= 0.6 is 23.2 Å². The van der Waals surface area contributed by atoms with Gasteiger partial charge < -0.3 is 5.73 Å². The molecule has 1 rings (SSSR count). The zero-order valence-electron chi connectivity index (χ0n) is 6.48. The van der Waals surface area contributed by atoms with E-state index in [0.717, 1.165) is 0 Å². The maximum Gasteiger partial charge on any atom is 0.257 e. The van der Waals surface area contributed by atoms with Crippen LogP contribution in [0.4, 0.5) is 8.78 Å². The van der Waals surface area contributed by atoms with E-state index in [9.17, 15) is 8.78 Å². The number of alkyl halides is 2. The summed E-state index contributed by atoms with van der Waals surface area (Å²) in [7, 11) is 0. The molecule has 0 heterocycles. The van der Waals surface area contributed by atoms with E-state index in [1.165, 1.54) is 18.2 Å². The normalized spacial score (nSPS) is 13.4. The molecular formula is C8H7Cl2F2N. The number of hydrogen-bond acceptors (Lipinski definition) is 1. The molecule has 0 bridgehead atoms. The molecule has 0 saturated carbocycles. The Balaban J connectivity index is 3.01. The summed E-state index contributed by atoms with van der Waals surface area (Å²) in [6.45, 7) is 0. The summed E-state index contributed by atoms with van der Waals surface area (Å²) in [5.74, 6) is 0. The molecular weight excluding hydrogens is 219 g/mol. The van der Waals surface area contributed by atoms with Crippen LogP contribution in [0.15, 0.2) is 18.2 Å². The zero-order chi connectivity index (χ0) is 10.0. The lowest BCUT2D eigenvalue weighted by Crippen LogP contribution is -2.18. The fraction of sp³-hybridized carbons (Fsp3) is 0.250. The molecule has 1 atom stereocenters. The van der Waals surface area contributed by atoms with Crippen LogP contribution in [-0.2, 0) is 0 Å². The van der Waals surface area contributed by atoms with Crippen molar-refractivity contribution in [3.63, 3.8) is 0 Å². The Hall–Kier alpha value is -0.380. The lowest BCUT2D eigenvalue weighted by Gasteiger charge is -2.11. The lowest BCUT2D eigenvalue weighted by atomic mass is 10.1. The minimum Gasteiger partial charge on any atom is -0.319 e. The van der Waals surface area contributed by atoms with Crippen LogP contribution in [0.5, 0.6) is 0 Å². The standard InChI is InChI=1S/C8H7Cl2F2N/c9-5-1-4(2-6(10)3-5)7(13)8(11)12/h1-3,7-8H,13H2/t7-/m0/s1. The molecule has 0 aliphatic heterocycles. The first-order chi connectivity index (χ1) is 6.00. The molecule has 0 aliphatic carbocycles. The molecule has 72 valence electrons. The van der Waals surface area contributed by atoms with E-state index in [1.807, 2.05) is 0 Å². The van der Waals surface area contributed by atoms with E-state index < -0.39 is 12.5 Å². The summed E-state index contributed by atoms with van der Waals surface area (Å²) >= 11 is 11.2. The topological polar surface area (TPSA) is 26.0 Å². The van der Waals surface area contributed by atoms with Crippen molar-refractivity contribution in [2.24, 2.45) is 5.73 Å². The molecule has 0 aromatic heterocycles. The molecule has 1 aromatic carbocycles. The van der Waals surface area contributed by atoms with Crippen LogP contribution in [0.1, 0.15) is 11.6 Å². The Morgan fingerprint density at radius 3 is 1.92 bits per heavy atom. The first-order valence-corrected chi connectivity index (χ1v) is 4.26. The number of nitrogens with two attached hydrogens (primary N) is 1. The lowest BCUT2D eigenvalue weighted by molar-refractivity contribution is 0.116. The second kappa shape index (κ2) is 4.22. The predicted octanol–water partition coefficient (Wildman–Crippen LogP) is 3.26. The number of rotatable bonds is 2. The van der Waals surface area contributed by atoms with Crippen molar-refractivity contribution in [2.75, 3.05) is 0 Å². The van der Waals surface area contributed by atoms with Crippen molar-refractivity contribution in [3.05, 3.63) is 33.8 Å². The van der Waals surface area contributed by atoms with Crippen molar-refractivity contribution in [1.82, 2.24) is 0 Å². The fourth-order valence-corrected chi connectivity index (χ4v) is 1.46. The molecule has 0 amide bonds. The van der Waals surface area contributed by atoms with E-state index in [0.29, 0.717) is 10.0 Å². The minimum absolute atomic E-state index is 0.243. The molecule has 0 spiro atoms. The monoisotopic (exact) mass is 225 g/mol. The van der Waals surface area contributed by atoms with E-state index >= 15 is 0 Å². The third-order valence-corrected chi connectivity index (χ3v) is 1.98. The third-order valence-electron chi connectivity index (χ3n) is 1.54. The molecule has 2 N–H and O–H groups in total. The Kier molecular flexibility index (Phi) is 3.47. The van der Waals surface area contributed by atoms with Crippen LogP contribution in [0.25, 0.3) is 0 Å². The second-order valence-corrected chi connectivity index (χ2v) is 3.44. The molecule has 0 radical (unpaired) electrons. The van der Waals surface area contributed by atoms with Crippen LogP contribution in [0, 0.1) is 0 Å². The highest BCUT2D eigenvalue weighted by atomic mass is 35.5. The highest BCUT2D eigenvalue weighted by molar-refractivity contribution is 6.34. The summed E-state index contributed by atoms with van der Waals surface area (Å²) in [6.07, 6.45) is -2.62. The number of hydrogen-bond donors (Lipinski definition) is 1. The third kappa shape index (κ3) is 2.79. The highest BCUT2D eigenvalue weighted by Gasteiger charge is 2.17. The Labute approximate surface area is 84.4 Å². The van der Waals surface area contributed by atoms with Gasteiger partial charge in [-0.25, -0.2) is 8.78 Å². The van der Waals surface area contributed by atoms with Gasteiger partial charge in [-0.2, -0.15) is 0 Å². The van der Waals surface area contributed by atoms with Crippen molar-refractivity contribution in [1.29, 1.82) is 0 Å². The second-order valence-electron chi connectivity index (χ2n) is 2.56. The van der Waals surface area contributed by atoms with Gasteiger partial charge in [-0.05, 0) is 23.8 Å². The summed E-state index contributed by atoms with van der Waals surface area (Å²) in [6, 6.07) is 2.88. The van der Waals surface area contributed by atoms with Gasteiger partial charge in [0.05, 0.1) is 6.04 Å². The van der Waals surface area contributed by atoms with Gasteiger partial charge in [0.1, 0.15) is 0 Å². The largest absolute Gasteiger partial charge is 0.319 e. The number of halogens is 4. The fourth-order valence-electron chi connectivity index (χ4n) is 0.913. The Morgan fingerprint density at radius 2 is 1.54 bits per heavy atom. The summed E-state index contributed by atoms with van der Waals surface area (Å²) in [5.41, 5.74) is 5.45. The van der Waals surface area contributed by atoms with E-state index in [4.69, 9.17) is 28.9 Å². The van der Waals surface area contributed by atoms with Gasteiger partial charge in [0.2, 0.25) is 0 Å². The number of benzene rings is 1.